The average Bonchev–Trinajstić information content (AvgIpc) is 2.66. The van der Waals surface area contributed by atoms with Crippen LogP contribution < -0.4 is 10.1 Å². The van der Waals surface area contributed by atoms with E-state index in [-0.39, 0.29) is 18.3 Å². The third kappa shape index (κ3) is 4.00. The molecule has 4 rings (SSSR count). The van der Waals surface area contributed by atoms with Gasteiger partial charge in [-0.25, -0.2) is 14.4 Å². The summed E-state index contributed by atoms with van der Waals surface area (Å²) in [6.07, 6.45) is 2.42. The van der Waals surface area contributed by atoms with Crippen LogP contribution in [0.3, 0.4) is 0 Å². The fourth-order valence-corrected chi connectivity index (χ4v) is 3.27. The molecular formula is C20H18FN5O2S. The third-order valence-electron chi connectivity index (χ3n) is 4.78. The molecule has 0 bridgehead atoms. The average molecular weight is 411 g/mol. The molecule has 1 aliphatic heterocycles. The Balaban J connectivity index is 1.64. The largest absolute Gasteiger partial charge is 0.481 e. The van der Waals surface area contributed by atoms with Crippen molar-refractivity contribution in [1.82, 2.24) is 14.9 Å². The molecule has 1 fully saturated rings. The molecule has 0 radical (unpaired) electrons. The maximum Gasteiger partial charge on any atom is 0.260 e. The minimum atomic E-state index is -0.456. The Kier molecular flexibility index (Phi) is 5.30. The number of fused-ring (bicyclic) bond motifs is 1. The first-order valence-electron chi connectivity index (χ1n) is 9.11. The first-order chi connectivity index (χ1) is 14.0. The third-order valence-corrected chi connectivity index (χ3v) is 4.99. The van der Waals surface area contributed by atoms with Gasteiger partial charge in [0, 0.05) is 37.0 Å². The predicted molar refractivity (Wildman–Crippen MR) is 110 cm³/mol. The van der Waals surface area contributed by atoms with Crippen molar-refractivity contribution < 1.29 is 13.9 Å². The fourth-order valence-electron chi connectivity index (χ4n) is 3.16. The number of amides is 1. The number of rotatable bonds is 6. The number of ether oxygens (including phenoxy) is 1. The lowest BCUT2D eigenvalue weighted by atomic mass is 10.1. The SMILES string of the molecule is Cc1cc(N=S)cc2ncnc(Nc3ccc(F)cc3OCC(=O)N3CCC3)c12. The summed E-state index contributed by atoms with van der Waals surface area (Å²) in [4.78, 5) is 22.4. The zero-order valence-corrected chi connectivity index (χ0v) is 16.5. The minimum absolute atomic E-state index is 0.116. The van der Waals surface area contributed by atoms with Gasteiger partial charge >= 0.3 is 0 Å². The monoisotopic (exact) mass is 411 g/mol. The van der Waals surface area contributed by atoms with Crippen LogP contribution in [-0.2, 0) is 17.2 Å². The number of carbonyl (C=O) groups excluding carboxylic acids is 1. The van der Waals surface area contributed by atoms with Gasteiger partial charge in [-0.3, -0.25) is 4.79 Å². The number of nitrogens with one attached hydrogen (secondary N) is 1. The van der Waals surface area contributed by atoms with Gasteiger partial charge in [0.15, 0.2) is 6.61 Å². The van der Waals surface area contributed by atoms with Crippen molar-refractivity contribution in [3.63, 3.8) is 0 Å². The summed E-state index contributed by atoms with van der Waals surface area (Å²) >= 11 is 4.77. The molecule has 3 aromatic rings. The van der Waals surface area contributed by atoms with Crippen LogP contribution >= 0.6 is 0 Å². The highest BCUT2D eigenvalue weighted by atomic mass is 32.1. The second-order valence-corrected chi connectivity index (χ2v) is 6.94. The standard InChI is InChI=1S/C20H18FN5O2S/c1-12-7-14(25-29)9-16-19(12)20(23-11-22-16)24-15-4-3-13(21)8-17(15)28-10-18(27)26-5-2-6-26/h3-4,7-9,11H,2,5-6,10H2,1H3,(H,22,23,24). The highest BCUT2D eigenvalue weighted by Gasteiger charge is 2.21. The van der Waals surface area contributed by atoms with Crippen molar-refractivity contribution in [3.05, 3.63) is 48.0 Å². The summed E-state index contributed by atoms with van der Waals surface area (Å²) < 4.78 is 23.2. The van der Waals surface area contributed by atoms with E-state index in [1.54, 1.807) is 17.0 Å². The quantitative estimate of drug-likeness (QED) is 0.665. The van der Waals surface area contributed by atoms with Gasteiger partial charge in [0.25, 0.3) is 5.91 Å². The van der Waals surface area contributed by atoms with E-state index in [1.807, 2.05) is 13.0 Å². The van der Waals surface area contributed by atoms with E-state index in [9.17, 15) is 9.18 Å². The summed E-state index contributed by atoms with van der Waals surface area (Å²) in [7, 11) is 0. The van der Waals surface area contributed by atoms with Crippen molar-refractivity contribution in [2.75, 3.05) is 25.0 Å². The van der Waals surface area contributed by atoms with E-state index in [0.29, 0.717) is 22.7 Å². The molecule has 9 heteroatoms. The summed E-state index contributed by atoms with van der Waals surface area (Å²) in [5, 5.41) is 3.97. The molecular weight excluding hydrogens is 393 g/mol. The molecule has 1 saturated heterocycles. The molecule has 0 unspecified atom stereocenters. The first kappa shape index (κ1) is 19.1. The van der Waals surface area contributed by atoms with Crippen molar-refractivity contribution in [2.24, 2.45) is 4.36 Å². The molecule has 0 atom stereocenters. The molecule has 1 aromatic heterocycles. The summed E-state index contributed by atoms with van der Waals surface area (Å²) in [6, 6.07) is 7.73. The summed E-state index contributed by atoms with van der Waals surface area (Å²) in [5.74, 6) is 0.201. The topological polar surface area (TPSA) is 79.7 Å². The Morgan fingerprint density at radius 3 is 2.86 bits per heavy atom. The van der Waals surface area contributed by atoms with Crippen LogP contribution in [0.1, 0.15) is 12.0 Å². The van der Waals surface area contributed by atoms with Crippen LogP contribution in [0.4, 0.5) is 21.6 Å². The van der Waals surface area contributed by atoms with Crippen LogP contribution in [-0.4, -0.2) is 40.5 Å². The molecule has 0 saturated carbocycles. The smallest absolute Gasteiger partial charge is 0.260 e. The first-order valence-corrected chi connectivity index (χ1v) is 9.47. The highest BCUT2D eigenvalue weighted by molar-refractivity contribution is 7.47. The van der Waals surface area contributed by atoms with Gasteiger partial charge < -0.3 is 15.0 Å². The van der Waals surface area contributed by atoms with Crippen molar-refractivity contribution in [1.29, 1.82) is 0 Å². The second-order valence-electron chi connectivity index (χ2n) is 6.76. The lowest BCUT2D eigenvalue weighted by Gasteiger charge is -2.30. The Labute approximate surface area is 172 Å². The van der Waals surface area contributed by atoms with Crippen LogP contribution in [0.5, 0.6) is 5.75 Å². The Hall–Kier alpha value is -3.20. The van der Waals surface area contributed by atoms with E-state index in [1.165, 1.54) is 18.5 Å². The molecule has 1 amide bonds. The number of hydrogen-bond acceptors (Lipinski definition) is 7. The number of aryl methyl sites for hydroxylation is 1. The lowest BCUT2D eigenvalue weighted by Crippen LogP contribution is -2.44. The Bertz CT molecular complexity index is 1100. The van der Waals surface area contributed by atoms with Crippen LogP contribution in [0.2, 0.25) is 0 Å². The number of likely N-dealkylation sites (tertiary alicyclic amines) is 1. The fraction of sp³-hybridized carbons (Fsp3) is 0.250. The molecule has 148 valence electrons. The maximum atomic E-state index is 13.8. The van der Waals surface area contributed by atoms with Crippen molar-refractivity contribution in [3.8, 4) is 5.75 Å². The zero-order valence-electron chi connectivity index (χ0n) is 15.7. The van der Waals surface area contributed by atoms with Gasteiger partial charge in [-0.15, -0.1) is 0 Å². The Morgan fingerprint density at radius 2 is 2.14 bits per heavy atom. The lowest BCUT2D eigenvalue weighted by molar-refractivity contribution is -0.136. The minimum Gasteiger partial charge on any atom is -0.481 e. The number of nitrogens with zero attached hydrogens (tertiary/aromatic N) is 4. The number of halogens is 1. The number of benzene rings is 2. The molecule has 7 nitrogen and oxygen atoms in total. The van der Waals surface area contributed by atoms with Gasteiger partial charge in [0.2, 0.25) is 0 Å². The van der Waals surface area contributed by atoms with E-state index >= 15 is 0 Å². The van der Waals surface area contributed by atoms with E-state index < -0.39 is 5.82 Å². The predicted octanol–water partition coefficient (Wildman–Crippen LogP) is 3.79. The molecule has 2 aromatic carbocycles. The van der Waals surface area contributed by atoms with E-state index in [2.05, 4.69) is 19.6 Å². The van der Waals surface area contributed by atoms with Crippen molar-refractivity contribution >= 4 is 46.4 Å². The van der Waals surface area contributed by atoms with Crippen LogP contribution in [0.15, 0.2) is 41.0 Å². The Morgan fingerprint density at radius 1 is 1.31 bits per heavy atom. The van der Waals surface area contributed by atoms with Crippen molar-refractivity contribution in [2.45, 2.75) is 13.3 Å². The van der Waals surface area contributed by atoms with Gasteiger partial charge in [-0.1, -0.05) is 0 Å². The molecule has 0 aliphatic carbocycles. The second kappa shape index (κ2) is 8.04. The number of hydrogen-bond donors (Lipinski definition) is 1. The van der Waals surface area contributed by atoms with Gasteiger partial charge in [0.05, 0.1) is 16.9 Å². The summed E-state index contributed by atoms with van der Waals surface area (Å²) in [6.45, 7) is 3.24. The molecule has 1 N–H and O–H groups in total. The number of carbonyl (C=O) groups is 1. The maximum absolute atomic E-state index is 13.8. The summed E-state index contributed by atoms with van der Waals surface area (Å²) in [5.41, 5.74) is 2.72. The number of aromatic nitrogens is 2. The highest BCUT2D eigenvalue weighted by Crippen LogP contribution is 2.33. The van der Waals surface area contributed by atoms with Gasteiger partial charge in [0.1, 0.15) is 23.7 Å². The number of anilines is 2. The zero-order chi connectivity index (χ0) is 20.4. The van der Waals surface area contributed by atoms with E-state index in [4.69, 9.17) is 17.2 Å². The van der Waals surface area contributed by atoms with Gasteiger partial charge in [-0.05, 0) is 43.2 Å². The molecule has 29 heavy (non-hydrogen) atoms. The normalized spacial score (nSPS) is 13.1. The molecule has 2 heterocycles. The molecule has 1 aliphatic rings. The van der Waals surface area contributed by atoms with Crippen LogP contribution in [0, 0.1) is 12.7 Å². The van der Waals surface area contributed by atoms with Crippen LogP contribution in [0.25, 0.3) is 10.9 Å². The van der Waals surface area contributed by atoms with E-state index in [0.717, 1.165) is 30.5 Å². The van der Waals surface area contributed by atoms with Gasteiger partial charge in [-0.2, -0.15) is 4.36 Å². The molecule has 0 spiro atoms.